The summed E-state index contributed by atoms with van der Waals surface area (Å²) in [5.41, 5.74) is 4.34. The van der Waals surface area contributed by atoms with E-state index in [0.29, 0.717) is 11.5 Å². The van der Waals surface area contributed by atoms with Crippen LogP contribution >= 0.6 is 0 Å². The predicted molar refractivity (Wildman–Crippen MR) is 106 cm³/mol. The minimum Gasteiger partial charge on any atom is -0.311 e. The molecule has 3 nitrogen and oxygen atoms in total. The van der Waals surface area contributed by atoms with Gasteiger partial charge in [0.25, 0.3) is 0 Å². The summed E-state index contributed by atoms with van der Waals surface area (Å²) < 4.78 is 0. The Balaban J connectivity index is 1.26. The van der Waals surface area contributed by atoms with E-state index in [2.05, 4.69) is 75.9 Å². The van der Waals surface area contributed by atoms with E-state index in [0.717, 1.165) is 18.6 Å². The molecule has 2 saturated heterocycles. The molecule has 3 heterocycles. The molecule has 3 aromatic rings. The third-order valence-corrected chi connectivity index (χ3v) is 6.35. The number of nitrogens with zero attached hydrogens (tertiary/aromatic N) is 2. The standard InChI is InChI=1S/C23H25N3/c1-2-6-19(7-3-1)23-11-13-26(17-23)20(14-23)16-24-15-18-10-12-25-22-9-5-4-8-21(18)22/h1-10,12,20,24H,11,13-17H2. The van der Waals surface area contributed by atoms with Crippen molar-refractivity contribution in [3.8, 4) is 0 Å². The molecule has 0 spiro atoms. The van der Waals surface area contributed by atoms with Crippen LogP contribution in [0, 0.1) is 0 Å². The number of pyridine rings is 1. The summed E-state index contributed by atoms with van der Waals surface area (Å²) in [6, 6.07) is 22.3. The molecule has 2 aliphatic heterocycles. The quantitative estimate of drug-likeness (QED) is 0.765. The third kappa shape index (κ3) is 2.72. The smallest absolute Gasteiger partial charge is 0.0705 e. The molecule has 0 aliphatic carbocycles. The van der Waals surface area contributed by atoms with Crippen molar-refractivity contribution in [2.24, 2.45) is 0 Å². The van der Waals surface area contributed by atoms with Crippen molar-refractivity contribution in [2.45, 2.75) is 30.8 Å². The Morgan fingerprint density at radius 2 is 1.88 bits per heavy atom. The summed E-state index contributed by atoms with van der Waals surface area (Å²) >= 11 is 0. The first-order chi connectivity index (χ1) is 12.8. The number of fused-ring (bicyclic) bond motifs is 3. The number of aromatic nitrogens is 1. The first kappa shape index (κ1) is 16.0. The van der Waals surface area contributed by atoms with Gasteiger partial charge in [-0.2, -0.15) is 0 Å². The second kappa shape index (κ2) is 6.49. The van der Waals surface area contributed by atoms with Crippen molar-refractivity contribution in [1.29, 1.82) is 0 Å². The number of hydrogen-bond acceptors (Lipinski definition) is 3. The van der Waals surface area contributed by atoms with Gasteiger partial charge in [-0.25, -0.2) is 0 Å². The van der Waals surface area contributed by atoms with Crippen molar-refractivity contribution in [2.75, 3.05) is 19.6 Å². The Hall–Kier alpha value is -2.23. The Kier molecular flexibility index (Phi) is 3.99. The Labute approximate surface area is 155 Å². The molecule has 5 rings (SSSR count). The van der Waals surface area contributed by atoms with Gasteiger partial charge in [0.05, 0.1) is 5.52 Å². The van der Waals surface area contributed by atoms with E-state index in [1.54, 1.807) is 0 Å². The van der Waals surface area contributed by atoms with Crippen molar-refractivity contribution >= 4 is 10.9 Å². The summed E-state index contributed by atoms with van der Waals surface area (Å²) in [7, 11) is 0. The lowest BCUT2D eigenvalue weighted by Gasteiger charge is -2.30. The predicted octanol–water partition coefficient (Wildman–Crippen LogP) is 3.74. The van der Waals surface area contributed by atoms with Gasteiger partial charge in [0, 0.05) is 42.7 Å². The third-order valence-electron chi connectivity index (χ3n) is 6.35. The first-order valence-corrected chi connectivity index (χ1v) is 9.67. The molecular formula is C23H25N3. The zero-order chi connectivity index (χ0) is 17.4. The summed E-state index contributed by atoms with van der Waals surface area (Å²) in [6.07, 6.45) is 4.51. The Bertz CT molecular complexity index is 902. The average Bonchev–Trinajstić information content (AvgIpc) is 3.29. The monoisotopic (exact) mass is 343 g/mol. The number of hydrogen-bond donors (Lipinski definition) is 1. The molecule has 3 atom stereocenters. The van der Waals surface area contributed by atoms with Gasteiger partial charge < -0.3 is 5.32 Å². The average molecular weight is 343 g/mol. The van der Waals surface area contributed by atoms with Crippen molar-refractivity contribution in [3.63, 3.8) is 0 Å². The number of nitrogens with one attached hydrogen (secondary N) is 1. The maximum atomic E-state index is 4.47. The van der Waals surface area contributed by atoms with Crippen LogP contribution in [0.4, 0.5) is 0 Å². The Morgan fingerprint density at radius 1 is 1.04 bits per heavy atom. The van der Waals surface area contributed by atoms with Crippen molar-refractivity contribution in [3.05, 3.63) is 78.0 Å². The van der Waals surface area contributed by atoms with E-state index in [9.17, 15) is 0 Å². The van der Waals surface area contributed by atoms with Crippen LogP contribution in [-0.4, -0.2) is 35.6 Å². The molecule has 132 valence electrons. The maximum absolute atomic E-state index is 4.47. The lowest BCUT2D eigenvalue weighted by molar-refractivity contribution is 0.250. The molecule has 2 aromatic carbocycles. The topological polar surface area (TPSA) is 28.2 Å². The van der Waals surface area contributed by atoms with E-state index < -0.39 is 0 Å². The number of rotatable bonds is 5. The molecule has 2 bridgehead atoms. The van der Waals surface area contributed by atoms with Crippen molar-refractivity contribution < 1.29 is 0 Å². The van der Waals surface area contributed by atoms with Crippen LogP contribution in [0.15, 0.2) is 66.9 Å². The van der Waals surface area contributed by atoms with Gasteiger partial charge in [-0.3, -0.25) is 9.88 Å². The van der Waals surface area contributed by atoms with Gasteiger partial charge in [-0.05, 0) is 42.6 Å². The van der Waals surface area contributed by atoms with E-state index in [-0.39, 0.29) is 0 Å². The lowest BCUT2D eigenvalue weighted by Crippen LogP contribution is -2.39. The first-order valence-electron chi connectivity index (χ1n) is 9.67. The zero-order valence-electron chi connectivity index (χ0n) is 15.1. The van der Waals surface area contributed by atoms with E-state index in [1.807, 2.05) is 6.20 Å². The maximum Gasteiger partial charge on any atom is 0.0705 e. The summed E-state index contributed by atoms with van der Waals surface area (Å²) in [5, 5.41) is 4.98. The van der Waals surface area contributed by atoms with Gasteiger partial charge in [-0.15, -0.1) is 0 Å². The van der Waals surface area contributed by atoms with Crippen LogP contribution in [0.25, 0.3) is 10.9 Å². The molecule has 1 N–H and O–H groups in total. The Morgan fingerprint density at radius 3 is 2.81 bits per heavy atom. The second-order valence-corrected chi connectivity index (χ2v) is 7.84. The number of para-hydroxylation sites is 1. The fourth-order valence-corrected chi connectivity index (χ4v) is 4.99. The van der Waals surface area contributed by atoms with E-state index >= 15 is 0 Å². The highest BCUT2D eigenvalue weighted by Gasteiger charge is 2.49. The number of benzene rings is 2. The van der Waals surface area contributed by atoms with Gasteiger partial charge in [-0.1, -0.05) is 48.5 Å². The van der Waals surface area contributed by atoms with Crippen LogP contribution in [0.2, 0.25) is 0 Å². The van der Waals surface area contributed by atoms with Gasteiger partial charge in [0.2, 0.25) is 0 Å². The lowest BCUT2D eigenvalue weighted by atomic mass is 9.76. The zero-order valence-corrected chi connectivity index (χ0v) is 15.1. The minimum atomic E-state index is 0.386. The highest BCUT2D eigenvalue weighted by atomic mass is 15.2. The number of piperidine rings is 1. The largest absolute Gasteiger partial charge is 0.311 e. The normalized spacial score (nSPS) is 27.2. The van der Waals surface area contributed by atoms with Crippen LogP contribution in [0.1, 0.15) is 24.0 Å². The summed E-state index contributed by atoms with van der Waals surface area (Å²) in [6.45, 7) is 4.43. The molecular weight excluding hydrogens is 318 g/mol. The molecule has 0 radical (unpaired) electrons. The highest BCUT2D eigenvalue weighted by Crippen LogP contribution is 2.46. The molecule has 26 heavy (non-hydrogen) atoms. The molecule has 1 aromatic heterocycles. The van der Waals surface area contributed by atoms with E-state index in [1.165, 1.54) is 42.4 Å². The van der Waals surface area contributed by atoms with Gasteiger partial charge in [0.15, 0.2) is 0 Å². The molecule has 2 aliphatic rings. The highest BCUT2D eigenvalue weighted by molar-refractivity contribution is 5.81. The van der Waals surface area contributed by atoms with Crippen LogP contribution in [0.5, 0.6) is 0 Å². The summed E-state index contributed by atoms with van der Waals surface area (Å²) in [5.74, 6) is 0. The minimum absolute atomic E-state index is 0.386. The van der Waals surface area contributed by atoms with Gasteiger partial charge in [0.1, 0.15) is 0 Å². The van der Waals surface area contributed by atoms with Crippen LogP contribution < -0.4 is 5.32 Å². The van der Waals surface area contributed by atoms with E-state index in [4.69, 9.17) is 0 Å². The molecule has 2 fully saturated rings. The molecule has 0 amide bonds. The SMILES string of the molecule is c1ccc(C23CCN(C2)C(CNCc2ccnc4ccccc24)C3)cc1. The fraction of sp³-hybridized carbons (Fsp3) is 0.348. The van der Waals surface area contributed by atoms with Crippen LogP contribution in [0.3, 0.4) is 0 Å². The second-order valence-electron chi connectivity index (χ2n) is 7.84. The molecule has 3 unspecified atom stereocenters. The fourth-order valence-electron chi connectivity index (χ4n) is 4.99. The summed E-state index contributed by atoms with van der Waals surface area (Å²) in [4.78, 5) is 7.15. The van der Waals surface area contributed by atoms with Crippen molar-refractivity contribution in [1.82, 2.24) is 15.2 Å². The molecule has 3 heteroatoms. The molecule has 0 saturated carbocycles. The van der Waals surface area contributed by atoms with Crippen LogP contribution in [-0.2, 0) is 12.0 Å². The van der Waals surface area contributed by atoms with Gasteiger partial charge >= 0.3 is 0 Å².